The number of nitrogens with zero attached hydrogens (tertiary/aromatic N) is 2. The van der Waals surface area contributed by atoms with Crippen LogP contribution in [0.4, 0.5) is 5.69 Å². The van der Waals surface area contributed by atoms with Gasteiger partial charge >= 0.3 is 0 Å². The number of thioether (sulfide) groups is 1. The van der Waals surface area contributed by atoms with Crippen LogP contribution in [-0.4, -0.2) is 42.3 Å². The van der Waals surface area contributed by atoms with E-state index in [2.05, 4.69) is 4.99 Å². The Balaban J connectivity index is 2.02. The first-order valence-corrected chi connectivity index (χ1v) is 9.38. The molecule has 3 rings (SSSR count). The van der Waals surface area contributed by atoms with Crippen LogP contribution >= 0.6 is 11.8 Å². The molecule has 0 aromatic heterocycles. The highest BCUT2D eigenvalue weighted by molar-refractivity contribution is 8.16. The molecule has 0 N–H and O–H groups in total. The van der Waals surface area contributed by atoms with E-state index in [1.54, 1.807) is 0 Å². The van der Waals surface area contributed by atoms with Crippen molar-refractivity contribution in [2.75, 3.05) is 16.4 Å². The van der Waals surface area contributed by atoms with Crippen molar-refractivity contribution in [2.24, 2.45) is 4.99 Å². The van der Waals surface area contributed by atoms with E-state index in [1.807, 2.05) is 36.1 Å². The molecule has 112 valence electrons. The lowest BCUT2D eigenvalue weighted by atomic mass is 10.1. The fourth-order valence-electron chi connectivity index (χ4n) is 2.71. The average molecular weight is 324 g/mol. The van der Waals surface area contributed by atoms with Gasteiger partial charge in [0.25, 0.3) is 0 Å². The summed E-state index contributed by atoms with van der Waals surface area (Å²) in [7, 11) is -3.01. The summed E-state index contributed by atoms with van der Waals surface area (Å²) in [6.07, 6.45) is 0. The summed E-state index contributed by atoms with van der Waals surface area (Å²) in [6, 6.07) is 7.70. The summed E-state index contributed by atoms with van der Waals surface area (Å²) in [4.78, 5) is 17.3. The van der Waals surface area contributed by atoms with E-state index in [-0.39, 0.29) is 28.7 Å². The standard InChI is InChI=1S/C14H16N2O3S2/c1-9-3-5-11(6-4-9)16-12-7-21(18,19)8-13(12)20-14(16)15-10(2)17/h3-6,12-13H,7-8H2,1-2H3. The van der Waals surface area contributed by atoms with E-state index >= 15 is 0 Å². The Kier molecular flexibility index (Phi) is 3.57. The third-order valence-electron chi connectivity index (χ3n) is 3.63. The Labute approximate surface area is 128 Å². The molecular weight excluding hydrogens is 308 g/mol. The van der Waals surface area contributed by atoms with Crippen LogP contribution in [0.5, 0.6) is 0 Å². The largest absolute Gasteiger partial charge is 0.316 e. The second kappa shape index (κ2) is 5.14. The summed E-state index contributed by atoms with van der Waals surface area (Å²) in [6.45, 7) is 3.40. The molecule has 2 aliphatic heterocycles. The molecule has 7 heteroatoms. The second-order valence-electron chi connectivity index (χ2n) is 5.42. The molecule has 1 amide bonds. The fourth-order valence-corrected chi connectivity index (χ4v) is 6.66. The SMILES string of the molecule is CC(=O)N=C1SC2CS(=O)(=O)CC2N1c1ccc(C)cc1. The molecule has 2 aliphatic rings. The quantitative estimate of drug-likeness (QED) is 0.785. The Bertz CT molecular complexity index is 710. The van der Waals surface area contributed by atoms with Crippen molar-refractivity contribution >= 4 is 38.4 Å². The van der Waals surface area contributed by atoms with E-state index in [0.717, 1.165) is 11.3 Å². The van der Waals surface area contributed by atoms with Gasteiger partial charge in [-0.1, -0.05) is 29.5 Å². The zero-order chi connectivity index (χ0) is 15.2. The van der Waals surface area contributed by atoms with Crippen LogP contribution in [0.3, 0.4) is 0 Å². The predicted molar refractivity (Wildman–Crippen MR) is 85.6 cm³/mol. The van der Waals surface area contributed by atoms with Gasteiger partial charge in [0.2, 0.25) is 5.91 Å². The summed E-state index contributed by atoms with van der Waals surface area (Å²) < 4.78 is 23.7. The van der Waals surface area contributed by atoms with Crippen molar-refractivity contribution < 1.29 is 13.2 Å². The van der Waals surface area contributed by atoms with Crippen molar-refractivity contribution in [1.82, 2.24) is 0 Å². The number of aryl methyl sites for hydroxylation is 1. The van der Waals surface area contributed by atoms with Gasteiger partial charge in [0.1, 0.15) is 0 Å². The molecule has 0 bridgehead atoms. The first-order chi connectivity index (χ1) is 9.85. The molecule has 1 aromatic carbocycles. The van der Waals surface area contributed by atoms with Gasteiger partial charge in [-0.3, -0.25) is 4.79 Å². The highest BCUT2D eigenvalue weighted by Crippen LogP contribution is 2.40. The monoisotopic (exact) mass is 324 g/mol. The predicted octanol–water partition coefficient (Wildman–Crippen LogP) is 1.62. The summed E-state index contributed by atoms with van der Waals surface area (Å²) in [5.41, 5.74) is 2.02. The zero-order valence-corrected chi connectivity index (χ0v) is 13.4. The summed E-state index contributed by atoms with van der Waals surface area (Å²) in [5, 5.41) is 0.561. The molecule has 0 aliphatic carbocycles. The number of benzene rings is 1. The molecule has 0 spiro atoms. The lowest BCUT2D eigenvalue weighted by molar-refractivity contribution is -0.115. The second-order valence-corrected chi connectivity index (χ2v) is 8.78. The van der Waals surface area contributed by atoms with E-state index < -0.39 is 9.84 Å². The number of carbonyl (C=O) groups excluding carboxylic acids is 1. The molecule has 2 heterocycles. The molecule has 21 heavy (non-hydrogen) atoms. The number of amidine groups is 1. The fraction of sp³-hybridized carbons (Fsp3) is 0.429. The van der Waals surface area contributed by atoms with Gasteiger partial charge in [-0.25, -0.2) is 8.42 Å². The van der Waals surface area contributed by atoms with Crippen molar-refractivity contribution in [1.29, 1.82) is 0 Å². The van der Waals surface area contributed by atoms with Gasteiger partial charge in [-0.15, -0.1) is 0 Å². The smallest absolute Gasteiger partial charge is 0.244 e. The first-order valence-electron chi connectivity index (χ1n) is 6.68. The van der Waals surface area contributed by atoms with Crippen LogP contribution in [-0.2, 0) is 14.6 Å². The third kappa shape index (κ3) is 2.85. The number of anilines is 1. The summed E-state index contributed by atoms with van der Waals surface area (Å²) >= 11 is 1.39. The van der Waals surface area contributed by atoms with Gasteiger partial charge in [0.15, 0.2) is 15.0 Å². The first kappa shape index (κ1) is 14.6. The lowest BCUT2D eigenvalue weighted by Gasteiger charge is -2.24. The number of carbonyl (C=O) groups is 1. The van der Waals surface area contributed by atoms with Gasteiger partial charge < -0.3 is 4.90 Å². The number of rotatable bonds is 1. The molecule has 2 atom stereocenters. The van der Waals surface area contributed by atoms with Crippen molar-refractivity contribution in [3.8, 4) is 0 Å². The average Bonchev–Trinajstić information content (AvgIpc) is 2.81. The van der Waals surface area contributed by atoms with Crippen LogP contribution in [0.2, 0.25) is 0 Å². The minimum Gasteiger partial charge on any atom is -0.316 e. The molecule has 1 aromatic rings. The van der Waals surface area contributed by atoms with Crippen LogP contribution in [0.25, 0.3) is 0 Å². The minimum absolute atomic E-state index is 0.0468. The van der Waals surface area contributed by atoms with Gasteiger partial charge in [0, 0.05) is 17.9 Å². The van der Waals surface area contributed by atoms with Crippen molar-refractivity contribution in [3.63, 3.8) is 0 Å². The van der Waals surface area contributed by atoms with Gasteiger partial charge in [-0.2, -0.15) is 4.99 Å². The van der Waals surface area contributed by atoms with Crippen LogP contribution in [0.1, 0.15) is 12.5 Å². The number of sulfone groups is 1. The number of fused-ring (bicyclic) bond motifs is 1. The third-order valence-corrected chi connectivity index (χ3v) is 6.84. The maximum absolute atomic E-state index is 11.9. The van der Waals surface area contributed by atoms with Crippen molar-refractivity contribution in [3.05, 3.63) is 29.8 Å². The van der Waals surface area contributed by atoms with Crippen LogP contribution in [0, 0.1) is 6.92 Å². The van der Waals surface area contributed by atoms with E-state index in [0.29, 0.717) is 5.17 Å². The number of hydrogen-bond acceptors (Lipinski definition) is 4. The Morgan fingerprint density at radius 1 is 1.29 bits per heavy atom. The van der Waals surface area contributed by atoms with Gasteiger partial charge in [0.05, 0.1) is 17.5 Å². The van der Waals surface area contributed by atoms with E-state index in [9.17, 15) is 13.2 Å². The number of hydrogen-bond donors (Lipinski definition) is 0. The Hall–Kier alpha value is -1.34. The topological polar surface area (TPSA) is 66.8 Å². The Morgan fingerprint density at radius 2 is 1.95 bits per heavy atom. The minimum atomic E-state index is -3.01. The zero-order valence-electron chi connectivity index (χ0n) is 11.8. The summed E-state index contributed by atoms with van der Waals surface area (Å²) in [5.74, 6) is 0.00863. The molecule has 0 saturated carbocycles. The molecule has 5 nitrogen and oxygen atoms in total. The normalized spacial score (nSPS) is 28.9. The van der Waals surface area contributed by atoms with E-state index in [4.69, 9.17) is 0 Å². The Morgan fingerprint density at radius 3 is 2.57 bits per heavy atom. The van der Waals surface area contributed by atoms with Crippen LogP contribution in [0.15, 0.2) is 29.3 Å². The van der Waals surface area contributed by atoms with Gasteiger partial charge in [-0.05, 0) is 19.1 Å². The number of amides is 1. The molecular formula is C14H16N2O3S2. The van der Waals surface area contributed by atoms with Crippen LogP contribution < -0.4 is 4.90 Å². The van der Waals surface area contributed by atoms with Crippen molar-refractivity contribution in [2.45, 2.75) is 25.1 Å². The maximum atomic E-state index is 11.9. The maximum Gasteiger partial charge on any atom is 0.244 e. The highest BCUT2D eigenvalue weighted by atomic mass is 32.2. The van der Waals surface area contributed by atoms with E-state index in [1.165, 1.54) is 18.7 Å². The molecule has 0 radical (unpaired) electrons. The lowest BCUT2D eigenvalue weighted by Crippen LogP contribution is -2.37. The molecule has 2 fully saturated rings. The number of aliphatic imine (C=N–C) groups is 1. The molecule has 2 saturated heterocycles. The highest BCUT2D eigenvalue weighted by Gasteiger charge is 2.49. The molecule has 2 unspecified atom stereocenters.